The highest BCUT2D eigenvalue weighted by atomic mass is 16.1. The second-order valence-corrected chi connectivity index (χ2v) is 5.00. The highest BCUT2D eigenvalue weighted by molar-refractivity contribution is 5.84. The molecule has 0 radical (unpaired) electrons. The third kappa shape index (κ3) is 2.06. The van der Waals surface area contributed by atoms with Crippen molar-refractivity contribution in [3.63, 3.8) is 0 Å². The molecule has 0 spiro atoms. The summed E-state index contributed by atoms with van der Waals surface area (Å²) in [6.45, 7) is 5.86. The van der Waals surface area contributed by atoms with Gasteiger partial charge in [-0.3, -0.25) is 4.79 Å². The van der Waals surface area contributed by atoms with Crippen molar-refractivity contribution in [1.29, 1.82) is 0 Å². The number of allylic oxidation sites excluding steroid dienone is 3. The molecule has 2 fully saturated rings. The van der Waals surface area contributed by atoms with Crippen molar-refractivity contribution in [3.8, 4) is 0 Å². The molecular weight excluding hydrogens is 184 g/mol. The first-order chi connectivity index (χ1) is 7.22. The van der Waals surface area contributed by atoms with Crippen molar-refractivity contribution >= 4 is 5.78 Å². The summed E-state index contributed by atoms with van der Waals surface area (Å²) in [5.74, 6) is 2.04. The number of fused-ring (bicyclic) bond motifs is 1. The molecule has 0 aromatic rings. The number of carbonyl (C=O) groups excluding carboxylic acids is 1. The fourth-order valence-electron chi connectivity index (χ4n) is 3.24. The Morgan fingerprint density at radius 1 is 1.40 bits per heavy atom. The third-order valence-electron chi connectivity index (χ3n) is 4.01. The average molecular weight is 204 g/mol. The van der Waals surface area contributed by atoms with E-state index < -0.39 is 0 Å². The molecule has 1 nitrogen and oxygen atoms in total. The summed E-state index contributed by atoms with van der Waals surface area (Å²) in [5, 5.41) is 0. The zero-order chi connectivity index (χ0) is 10.8. The summed E-state index contributed by atoms with van der Waals surface area (Å²) in [6.07, 6.45) is 9.88. The van der Waals surface area contributed by atoms with Gasteiger partial charge in [0.2, 0.25) is 0 Å². The second kappa shape index (κ2) is 4.34. The minimum atomic E-state index is 0.341. The number of rotatable bonds is 2. The molecule has 0 N–H and O–H groups in total. The minimum absolute atomic E-state index is 0.341. The third-order valence-corrected chi connectivity index (χ3v) is 4.01. The quantitative estimate of drug-likeness (QED) is 0.629. The van der Waals surface area contributed by atoms with Crippen molar-refractivity contribution in [2.75, 3.05) is 0 Å². The second-order valence-electron chi connectivity index (χ2n) is 5.00. The summed E-state index contributed by atoms with van der Waals surface area (Å²) < 4.78 is 0. The fourth-order valence-corrected chi connectivity index (χ4v) is 3.24. The molecule has 0 aromatic carbocycles. The molecule has 1 heteroatoms. The van der Waals surface area contributed by atoms with Crippen molar-refractivity contribution < 1.29 is 4.79 Å². The first kappa shape index (κ1) is 10.7. The zero-order valence-corrected chi connectivity index (χ0v) is 9.54. The molecule has 3 atom stereocenters. The Hall–Kier alpha value is -0.850. The standard InChI is InChI=1S/C14H20O/c1-3-10(2)9-12-6-4-5-11-7-8-13(15)14(11)12/h3,9,11-12,14H,1,4-8H2,2H3. The van der Waals surface area contributed by atoms with Gasteiger partial charge in [0.25, 0.3) is 0 Å². The van der Waals surface area contributed by atoms with E-state index in [4.69, 9.17) is 0 Å². The van der Waals surface area contributed by atoms with E-state index in [0.29, 0.717) is 23.5 Å². The molecule has 2 aliphatic carbocycles. The maximum Gasteiger partial charge on any atom is 0.136 e. The van der Waals surface area contributed by atoms with Crippen molar-refractivity contribution in [2.24, 2.45) is 17.8 Å². The number of hydrogen-bond donors (Lipinski definition) is 0. The van der Waals surface area contributed by atoms with Crippen LogP contribution in [-0.2, 0) is 4.79 Å². The number of carbonyl (C=O) groups is 1. The lowest BCUT2D eigenvalue weighted by Gasteiger charge is -2.31. The van der Waals surface area contributed by atoms with Gasteiger partial charge in [-0.1, -0.05) is 30.7 Å². The summed E-state index contributed by atoms with van der Waals surface area (Å²) in [6, 6.07) is 0. The smallest absolute Gasteiger partial charge is 0.136 e. The zero-order valence-electron chi connectivity index (χ0n) is 9.54. The molecule has 0 aliphatic heterocycles. The van der Waals surface area contributed by atoms with E-state index >= 15 is 0 Å². The van der Waals surface area contributed by atoms with Gasteiger partial charge in [0.15, 0.2) is 0 Å². The summed E-state index contributed by atoms with van der Waals surface area (Å²) in [7, 11) is 0. The van der Waals surface area contributed by atoms with Crippen molar-refractivity contribution in [1.82, 2.24) is 0 Å². The molecule has 0 bridgehead atoms. The van der Waals surface area contributed by atoms with Crippen LogP contribution in [0.3, 0.4) is 0 Å². The van der Waals surface area contributed by atoms with Gasteiger partial charge in [0, 0.05) is 12.3 Å². The highest BCUT2D eigenvalue weighted by Gasteiger charge is 2.41. The largest absolute Gasteiger partial charge is 0.299 e. The first-order valence-corrected chi connectivity index (χ1v) is 6.06. The Bertz CT molecular complexity index is 300. The Morgan fingerprint density at radius 2 is 2.20 bits per heavy atom. The average Bonchev–Trinajstić information content (AvgIpc) is 2.61. The Morgan fingerprint density at radius 3 is 2.93 bits per heavy atom. The van der Waals surface area contributed by atoms with Gasteiger partial charge in [-0.2, -0.15) is 0 Å². The van der Waals surface area contributed by atoms with E-state index in [1.807, 2.05) is 6.08 Å². The van der Waals surface area contributed by atoms with Gasteiger partial charge in [0.05, 0.1) is 0 Å². The van der Waals surface area contributed by atoms with Crippen LogP contribution in [0.5, 0.6) is 0 Å². The molecule has 2 rings (SSSR count). The van der Waals surface area contributed by atoms with Crippen LogP contribution in [0.2, 0.25) is 0 Å². The Balaban J connectivity index is 2.16. The lowest BCUT2D eigenvalue weighted by molar-refractivity contribution is -0.122. The predicted octanol–water partition coefficient (Wildman–Crippen LogP) is 3.51. The summed E-state index contributed by atoms with van der Waals surface area (Å²) in [5.41, 5.74) is 1.22. The number of hydrogen-bond acceptors (Lipinski definition) is 1. The van der Waals surface area contributed by atoms with E-state index in [2.05, 4.69) is 19.6 Å². The normalized spacial score (nSPS) is 36.5. The molecule has 0 amide bonds. The van der Waals surface area contributed by atoms with Gasteiger partial charge < -0.3 is 0 Å². The maximum absolute atomic E-state index is 11.8. The topological polar surface area (TPSA) is 17.1 Å². The predicted molar refractivity (Wildman–Crippen MR) is 62.5 cm³/mol. The maximum atomic E-state index is 11.8. The molecule has 0 heterocycles. The lowest BCUT2D eigenvalue weighted by atomic mass is 9.73. The van der Waals surface area contributed by atoms with Gasteiger partial charge in [-0.25, -0.2) is 0 Å². The molecule has 82 valence electrons. The van der Waals surface area contributed by atoms with E-state index in [-0.39, 0.29) is 0 Å². The number of ketones is 1. The van der Waals surface area contributed by atoms with Crippen LogP contribution in [0.1, 0.15) is 39.0 Å². The summed E-state index contributed by atoms with van der Waals surface area (Å²) >= 11 is 0. The van der Waals surface area contributed by atoms with Crippen LogP contribution < -0.4 is 0 Å². The highest BCUT2D eigenvalue weighted by Crippen LogP contribution is 2.44. The van der Waals surface area contributed by atoms with Crippen LogP contribution in [0, 0.1) is 17.8 Å². The molecular formula is C14H20O. The minimum Gasteiger partial charge on any atom is -0.299 e. The first-order valence-electron chi connectivity index (χ1n) is 6.06. The SMILES string of the molecule is C=CC(C)=CC1CCCC2CCC(=O)C12. The molecule has 2 saturated carbocycles. The van der Waals surface area contributed by atoms with Crippen LogP contribution in [0.15, 0.2) is 24.3 Å². The lowest BCUT2D eigenvalue weighted by Crippen LogP contribution is -2.27. The van der Waals surface area contributed by atoms with Crippen LogP contribution in [-0.4, -0.2) is 5.78 Å². The van der Waals surface area contributed by atoms with E-state index in [0.717, 1.165) is 12.8 Å². The van der Waals surface area contributed by atoms with Gasteiger partial charge >= 0.3 is 0 Å². The van der Waals surface area contributed by atoms with E-state index in [1.54, 1.807) is 0 Å². The van der Waals surface area contributed by atoms with Gasteiger partial charge in [-0.15, -0.1) is 0 Å². The van der Waals surface area contributed by atoms with Crippen LogP contribution >= 0.6 is 0 Å². The fraction of sp³-hybridized carbons (Fsp3) is 0.643. The molecule has 2 aliphatic rings. The van der Waals surface area contributed by atoms with Crippen LogP contribution in [0.4, 0.5) is 0 Å². The van der Waals surface area contributed by atoms with Crippen molar-refractivity contribution in [2.45, 2.75) is 39.0 Å². The molecule has 0 saturated heterocycles. The number of Topliss-reactive ketones (excluding diaryl/α,β-unsaturated/α-hetero) is 1. The van der Waals surface area contributed by atoms with E-state index in [9.17, 15) is 4.79 Å². The molecule has 3 unspecified atom stereocenters. The monoisotopic (exact) mass is 204 g/mol. The van der Waals surface area contributed by atoms with Crippen LogP contribution in [0.25, 0.3) is 0 Å². The van der Waals surface area contributed by atoms with Gasteiger partial charge in [0.1, 0.15) is 5.78 Å². The summed E-state index contributed by atoms with van der Waals surface area (Å²) in [4.78, 5) is 11.8. The van der Waals surface area contributed by atoms with E-state index in [1.165, 1.54) is 24.8 Å². The Labute approximate surface area is 92.3 Å². The Kier molecular flexibility index (Phi) is 3.08. The van der Waals surface area contributed by atoms with Gasteiger partial charge in [-0.05, 0) is 38.0 Å². The van der Waals surface area contributed by atoms with Crippen molar-refractivity contribution in [3.05, 3.63) is 24.3 Å². The molecule has 0 aromatic heterocycles. The molecule has 15 heavy (non-hydrogen) atoms.